The molecule has 0 saturated heterocycles. The molecule has 2 saturated carbocycles. The molecule has 0 unspecified atom stereocenters. The largest absolute Gasteiger partial charge is 0.451 e. The number of allylic oxidation sites excluding steroid dienone is 2. The van der Waals surface area contributed by atoms with Gasteiger partial charge in [0, 0.05) is 11.0 Å². The molecule has 4 aliphatic carbocycles. The Morgan fingerprint density at radius 2 is 1.91 bits per heavy atom. The van der Waals surface area contributed by atoms with Gasteiger partial charge in [-0.3, -0.25) is 4.79 Å². The van der Waals surface area contributed by atoms with Crippen molar-refractivity contribution in [1.82, 2.24) is 0 Å². The van der Waals surface area contributed by atoms with E-state index in [0.717, 1.165) is 0 Å². The van der Waals surface area contributed by atoms with Crippen LogP contribution in [0.25, 0.3) is 0 Å². The third-order valence-corrected chi connectivity index (χ3v) is 9.29. The number of esters is 1. The number of hydrogen-bond donors (Lipinski definition) is 3. The standard InChI is InChI=1S/C26H36O6/c1-8-13(2)21(29)32-20-14(3)10-25-15(4)9-17-18(23(17,5)6)24(7,22(25)30)11-16(12-27)19(28)26(20,25)31/h8,10-11,15,17-20,27-28,31H,9,12H2,1-7H3/b13-8-/t15-,17+,18+,19-,20+,24+,25+,26-/m1/s1. The van der Waals surface area contributed by atoms with Crippen molar-refractivity contribution in [3.8, 4) is 0 Å². The molecule has 176 valence electrons. The van der Waals surface area contributed by atoms with Crippen molar-refractivity contribution in [3.63, 3.8) is 0 Å². The number of fused-ring (bicyclic) bond motifs is 3. The zero-order valence-corrected chi connectivity index (χ0v) is 20.1. The average molecular weight is 445 g/mol. The Morgan fingerprint density at radius 3 is 2.47 bits per heavy atom. The second kappa shape index (κ2) is 6.87. The Kier molecular flexibility index (Phi) is 5.03. The van der Waals surface area contributed by atoms with E-state index in [9.17, 15) is 24.9 Å². The Balaban J connectivity index is 1.96. The van der Waals surface area contributed by atoms with Gasteiger partial charge in [-0.2, -0.15) is 0 Å². The molecule has 0 aromatic rings. The molecule has 0 aliphatic heterocycles. The lowest BCUT2D eigenvalue weighted by atomic mass is 9.57. The highest BCUT2D eigenvalue weighted by Crippen LogP contribution is 2.75. The van der Waals surface area contributed by atoms with Crippen LogP contribution in [-0.2, 0) is 14.3 Å². The van der Waals surface area contributed by atoms with E-state index >= 15 is 0 Å². The Morgan fingerprint density at radius 1 is 1.28 bits per heavy atom. The van der Waals surface area contributed by atoms with E-state index in [1.807, 2.05) is 13.8 Å². The van der Waals surface area contributed by atoms with Gasteiger partial charge in [-0.25, -0.2) is 4.79 Å². The number of aliphatic hydroxyl groups excluding tert-OH is 2. The molecule has 0 radical (unpaired) electrons. The van der Waals surface area contributed by atoms with Crippen molar-refractivity contribution in [1.29, 1.82) is 0 Å². The van der Waals surface area contributed by atoms with Crippen LogP contribution < -0.4 is 0 Å². The maximum atomic E-state index is 14.5. The van der Waals surface area contributed by atoms with Crippen LogP contribution in [0.3, 0.4) is 0 Å². The highest BCUT2D eigenvalue weighted by atomic mass is 16.6. The summed E-state index contributed by atoms with van der Waals surface area (Å²) < 4.78 is 5.76. The van der Waals surface area contributed by atoms with Gasteiger partial charge in [0.05, 0.1) is 12.0 Å². The van der Waals surface area contributed by atoms with Crippen LogP contribution in [0.15, 0.2) is 34.9 Å². The minimum atomic E-state index is -2.11. The summed E-state index contributed by atoms with van der Waals surface area (Å²) in [5.74, 6) is -0.745. The zero-order chi connectivity index (χ0) is 24.0. The number of carbonyl (C=O) groups is 2. The predicted octanol–water partition coefficient (Wildman–Crippen LogP) is 2.72. The molecule has 0 heterocycles. The Bertz CT molecular complexity index is 973. The van der Waals surface area contributed by atoms with Crippen LogP contribution in [0.2, 0.25) is 0 Å². The van der Waals surface area contributed by atoms with Gasteiger partial charge in [-0.1, -0.05) is 39.0 Å². The van der Waals surface area contributed by atoms with Gasteiger partial charge < -0.3 is 20.1 Å². The first-order valence-electron chi connectivity index (χ1n) is 11.6. The SMILES string of the molecule is C/C=C(/C)C(=O)O[C@H]1C(C)=C[C@]23C(=O)[C@@](C)(C=C(CO)[C@@H](O)[C@@]12O)[C@H]1[C@H](C[C@H]3C)C1(C)C. The molecule has 32 heavy (non-hydrogen) atoms. The van der Waals surface area contributed by atoms with Crippen molar-refractivity contribution >= 4 is 11.8 Å². The van der Waals surface area contributed by atoms with Gasteiger partial charge in [0.15, 0.2) is 17.5 Å². The lowest BCUT2D eigenvalue weighted by molar-refractivity contribution is -0.202. The molecular weight excluding hydrogens is 408 g/mol. The van der Waals surface area contributed by atoms with E-state index in [0.29, 0.717) is 17.6 Å². The quantitative estimate of drug-likeness (QED) is 0.351. The highest BCUT2D eigenvalue weighted by molar-refractivity contribution is 5.98. The van der Waals surface area contributed by atoms with Gasteiger partial charge in [-0.15, -0.1) is 0 Å². The summed E-state index contributed by atoms with van der Waals surface area (Å²) in [6, 6.07) is 0. The second-order valence-corrected chi connectivity index (χ2v) is 11.3. The van der Waals surface area contributed by atoms with Crippen molar-refractivity contribution < 1.29 is 29.6 Å². The van der Waals surface area contributed by atoms with E-state index < -0.39 is 41.2 Å². The Hall–Kier alpha value is -1.76. The lowest BCUT2D eigenvalue weighted by Crippen LogP contribution is -2.66. The van der Waals surface area contributed by atoms with Gasteiger partial charge in [0.1, 0.15) is 6.10 Å². The number of rotatable bonds is 3. The third-order valence-electron chi connectivity index (χ3n) is 9.29. The summed E-state index contributed by atoms with van der Waals surface area (Å²) in [4.78, 5) is 27.2. The third kappa shape index (κ3) is 2.52. The highest BCUT2D eigenvalue weighted by Gasteiger charge is 2.79. The first kappa shape index (κ1) is 23.4. The number of carbonyl (C=O) groups excluding carboxylic acids is 2. The molecule has 4 aliphatic rings. The molecule has 0 amide bonds. The number of ketones is 1. The first-order chi connectivity index (χ1) is 14.7. The second-order valence-electron chi connectivity index (χ2n) is 11.3. The van der Waals surface area contributed by atoms with Crippen molar-refractivity contribution in [2.45, 2.75) is 72.7 Å². The zero-order valence-electron chi connectivity index (χ0n) is 20.1. The predicted molar refractivity (Wildman–Crippen MR) is 119 cm³/mol. The van der Waals surface area contributed by atoms with Crippen LogP contribution in [-0.4, -0.2) is 51.5 Å². The van der Waals surface area contributed by atoms with Crippen LogP contribution in [0.4, 0.5) is 0 Å². The van der Waals surface area contributed by atoms with Crippen LogP contribution in [0.5, 0.6) is 0 Å². The molecule has 8 atom stereocenters. The van der Waals surface area contributed by atoms with E-state index in [1.54, 1.807) is 39.0 Å². The summed E-state index contributed by atoms with van der Waals surface area (Å²) in [5, 5.41) is 34.0. The molecular formula is C26H36O6. The maximum absolute atomic E-state index is 14.5. The summed E-state index contributed by atoms with van der Waals surface area (Å²) in [5.41, 5.74) is -3.44. The minimum absolute atomic E-state index is 0.0426. The van der Waals surface area contributed by atoms with Gasteiger partial charge in [0.2, 0.25) is 0 Å². The topological polar surface area (TPSA) is 104 Å². The summed E-state index contributed by atoms with van der Waals surface area (Å²) in [6.45, 7) is 12.7. The van der Waals surface area contributed by atoms with Crippen molar-refractivity contribution in [2.75, 3.05) is 6.61 Å². The normalized spacial score (nSPS) is 46.9. The van der Waals surface area contributed by atoms with Crippen LogP contribution in [0.1, 0.15) is 54.9 Å². The summed E-state index contributed by atoms with van der Waals surface area (Å²) in [7, 11) is 0. The molecule has 0 aromatic carbocycles. The number of Topliss-reactive ketones (excluding diaryl/α,β-unsaturated/α-hetero) is 1. The van der Waals surface area contributed by atoms with Crippen molar-refractivity contribution in [2.24, 2.45) is 34.0 Å². The molecule has 2 fully saturated rings. The number of aliphatic hydroxyl groups is 3. The van der Waals surface area contributed by atoms with E-state index in [-0.39, 0.29) is 34.5 Å². The molecule has 6 nitrogen and oxygen atoms in total. The van der Waals surface area contributed by atoms with E-state index in [1.165, 1.54) is 0 Å². The number of hydrogen-bond acceptors (Lipinski definition) is 6. The number of ether oxygens (including phenoxy) is 1. The minimum Gasteiger partial charge on any atom is -0.451 e. The molecule has 6 heteroatoms. The van der Waals surface area contributed by atoms with E-state index in [2.05, 4.69) is 13.8 Å². The van der Waals surface area contributed by atoms with Crippen molar-refractivity contribution in [3.05, 3.63) is 34.9 Å². The Labute approximate surface area is 190 Å². The van der Waals surface area contributed by atoms with E-state index in [4.69, 9.17) is 4.74 Å². The van der Waals surface area contributed by atoms with Crippen LogP contribution in [0, 0.1) is 34.0 Å². The fraction of sp³-hybridized carbons (Fsp3) is 0.692. The fourth-order valence-electron chi connectivity index (χ4n) is 7.56. The van der Waals surface area contributed by atoms with Gasteiger partial charge in [-0.05, 0) is 68.4 Å². The maximum Gasteiger partial charge on any atom is 0.334 e. The molecule has 0 aromatic heterocycles. The van der Waals surface area contributed by atoms with Gasteiger partial charge in [0.25, 0.3) is 0 Å². The smallest absolute Gasteiger partial charge is 0.334 e. The average Bonchev–Trinajstić information content (AvgIpc) is 3.24. The molecule has 4 rings (SSSR count). The molecule has 1 spiro atoms. The molecule has 2 bridgehead atoms. The van der Waals surface area contributed by atoms with Crippen LogP contribution >= 0.6 is 0 Å². The summed E-state index contributed by atoms with van der Waals surface area (Å²) >= 11 is 0. The van der Waals surface area contributed by atoms with Gasteiger partial charge >= 0.3 is 5.97 Å². The monoisotopic (exact) mass is 444 g/mol. The molecule has 3 N–H and O–H groups in total. The summed E-state index contributed by atoms with van der Waals surface area (Å²) in [6.07, 6.45) is 3.01. The fourth-order valence-corrected chi connectivity index (χ4v) is 7.56. The lowest BCUT2D eigenvalue weighted by Gasteiger charge is -2.49. The first-order valence-corrected chi connectivity index (χ1v) is 11.6.